The topological polar surface area (TPSA) is 84.5 Å². The summed E-state index contributed by atoms with van der Waals surface area (Å²) in [7, 11) is -3.52. The minimum Gasteiger partial charge on any atom is -0.481 e. The molecule has 7 heteroatoms. The minimum atomic E-state index is -3.52. The third-order valence-electron chi connectivity index (χ3n) is 4.45. The van der Waals surface area contributed by atoms with Gasteiger partial charge in [0.1, 0.15) is 5.75 Å². The van der Waals surface area contributed by atoms with Crippen molar-refractivity contribution in [2.45, 2.75) is 69.9 Å². The molecule has 0 aliphatic heterocycles. The maximum absolute atomic E-state index is 12.2. The predicted octanol–water partition coefficient (Wildman–Crippen LogP) is 2.84. The highest BCUT2D eigenvalue weighted by Crippen LogP contribution is 2.19. The zero-order valence-corrected chi connectivity index (χ0v) is 16.6. The third kappa shape index (κ3) is 6.29. The van der Waals surface area contributed by atoms with Crippen molar-refractivity contribution in [1.82, 2.24) is 10.0 Å². The number of ether oxygens (including phenoxy) is 1. The Morgan fingerprint density at radius 2 is 1.73 bits per heavy atom. The number of hydrogen-bond donors (Lipinski definition) is 2. The molecular formula is C19H30N2O4S. The smallest absolute Gasteiger partial charge is 0.260 e. The normalized spacial score (nSPS) is 17.1. The van der Waals surface area contributed by atoms with E-state index >= 15 is 0 Å². The zero-order chi connectivity index (χ0) is 19.2. The van der Waals surface area contributed by atoms with Gasteiger partial charge in [-0.15, -0.1) is 0 Å². The third-order valence-corrected chi connectivity index (χ3v) is 5.89. The summed E-state index contributed by atoms with van der Waals surface area (Å²) in [6.07, 6.45) is 4.96. The van der Waals surface area contributed by atoms with Crippen molar-refractivity contribution in [1.29, 1.82) is 0 Å². The second-order valence-corrected chi connectivity index (χ2v) is 9.09. The zero-order valence-electron chi connectivity index (χ0n) is 15.8. The van der Waals surface area contributed by atoms with Crippen LogP contribution in [0.1, 0.15) is 52.9 Å². The van der Waals surface area contributed by atoms with Gasteiger partial charge in [-0.1, -0.05) is 33.1 Å². The van der Waals surface area contributed by atoms with Gasteiger partial charge in [0.25, 0.3) is 5.91 Å². The van der Waals surface area contributed by atoms with Crippen molar-refractivity contribution in [2.75, 3.05) is 6.54 Å². The molecule has 1 amide bonds. The van der Waals surface area contributed by atoms with Gasteiger partial charge in [0, 0.05) is 12.6 Å². The Labute approximate surface area is 156 Å². The van der Waals surface area contributed by atoms with Crippen LogP contribution in [-0.4, -0.2) is 33.0 Å². The van der Waals surface area contributed by atoms with E-state index in [1.54, 1.807) is 19.1 Å². The van der Waals surface area contributed by atoms with Gasteiger partial charge in [-0.2, -0.15) is 0 Å². The van der Waals surface area contributed by atoms with Crippen LogP contribution >= 0.6 is 0 Å². The molecule has 1 aromatic rings. The molecule has 6 nitrogen and oxygen atoms in total. The van der Waals surface area contributed by atoms with Crippen LogP contribution in [0.15, 0.2) is 29.2 Å². The lowest BCUT2D eigenvalue weighted by Gasteiger charge is -2.24. The Morgan fingerprint density at radius 1 is 1.12 bits per heavy atom. The van der Waals surface area contributed by atoms with Crippen molar-refractivity contribution >= 4 is 15.9 Å². The molecule has 1 aliphatic rings. The molecule has 1 aliphatic carbocycles. The van der Waals surface area contributed by atoms with Gasteiger partial charge in [0.15, 0.2) is 6.10 Å². The molecule has 0 heterocycles. The van der Waals surface area contributed by atoms with E-state index < -0.39 is 16.1 Å². The van der Waals surface area contributed by atoms with Gasteiger partial charge in [-0.3, -0.25) is 4.79 Å². The Bertz CT molecular complexity index is 680. The number of nitrogens with one attached hydrogen (secondary N) is 2. The molecule has 0 unspecified atom stereocenters. The van der Waals surface area contributed by atoms with Gasteiger partial charge >= 0.3 is 0 Å². The number of benzene rings is 1. The van der Waals surface area contributed by atoms with Crippen LogP contribution in [0.25, 0.3) is 0 Å². The van der Waals surface area contributed by atoms with Crippen LogP contribution < -0.4 is 14.8 Å². The van der Waals surface area contributed by atoms with E-state index in [-0.39, 0.29) is 22.8 Å². The van der Waals surface area contributed by atoms with Crippen molar-refractivity contribution in [3.05, 3.63) is 24.3 Å². The van der Waals surface area contributed by atoms with E-state index in [2.05, 4.69) is 10.0 Å². The molecule has 0 spiro atoms. The molecular weight excluding hydrogens is 352 g/mol. The van der Waals surface area contributed by atoms with Crippen LogP contribution in [0, 0.1) is 5.92 Å². The van der Waals surface area contributed by atoms with Crippen molar-refractivity contribution in [2.24, 2.45) is 5.92 Å². The van der Waals surface area contributed by atoms with Gasteiger partial charge < -0.3 is 10.1 Å². The Morgan fingerprint density at radius 3 is 2.31 bits per heavy atom. The largest absolute Gasteiger partial charge is 0.481 e. The molecule has 1 saturated carbocycles. The van der Waals surface area contributed by atoms with Crippen molar-refractivity contribution in [3.63, 3.8) is 0 Å². The molecule has 0 radical (unpaired) electrons. The Kier molecular flexibility index (Phi) is 7.46. The van der Waals surface area contributed by atoms with Crippen LogP contribution in [0.3, 0.4) is 0 Å². The molecule has 1 aromatic carbocycles. The summed E-state index contributed by atoms with van der Waals surface area (Å²) in [4.78, 5) is 12.4. The monoisotopic (exact) mass is 382 g/mol. The number of sulfonamides is 1. The van der Waals surface area contributed by atoms with Crippen LogP contribution in [0.2, 0.25) is 0 Å². The molecule has 1 atom stereocenters. The predicted molar refractivity (Wildman–Crippen MR) is 102 cm³/mol. The molecule has 146 valence electrons. The molecule has 0 aromatic heterocycles. The van der Waals surface area contributed by atoms with Gasteiger partial charge in [0.05, 0.1) is 4.90 Å². The highest BCUT2D eigenvalue weighted by Gasteiger charge is 2.21. The number of amides is 1. The summed E-state index contributed by atoms with van der Waals surface area (Å²) in [6, 6.07) is 6.37. The fourth-order valence-corrected chi connectivity index (χ4v) is 4.09. The van der Waals surface area contributed by atoms with Crippen LogP contribution in [0.4, 0.5) is 0 Å². The average Bonchev–Trinajstić information content (AvgIpc) is 2.61. The summed E-state index contributed by atoms with van der Waals surface area (Å²) in [5, 5.41) is 3.03. The second kappa shape index (κ2) is 9.37. The number of carbonyl (C=O) groups is 1. The first-order chi connectivity index (χ1) is 12.3. The van der Waals surface area contributed by atoms with Crippen LogP contribution in [0.5, 0.6) is 5.75 Å². The van der Waals surface area contributed by atoms with E-state index in [9.17, 15) is 13.2 Å². The highest BCUT2D eigenvalue weighted by molar-refractivity contribution is 7.89. The Balaban J connectivity index is 1.90. The minimum absolute atomic E-state index is 0.132. The molecule has 0 saturated heterocycles. The maximum Gasteiger partial charge on any atom is 0.260 e. The fourth-order valence-electron chi connectivity index (χ4n) is 2.88. The van der Waals surface area contributed by atoms with Gasteiger partial charge in [-0.05, 0) is 49.9 Å². The fraction of sp³-hybridized carbons (Fsp3) is 0.632. The molecule has 0 bridgehead atoms. The first-order valence-corrected chi connectivity index (χ1v) is 10.8. The molecule has 2 N–H and O–H groups in total. The SMILES string of the molecule is CC(C)CNS(=O)(=O)c1ccc(O[C@@H](C)C(=O)NC2CCCCC2)cc1. The summed E-state index contributed by atoms with van der Waals surface area (Å²) in [5.41, 5.74) is 0. The lowest BCUT2D eigenvalue weighted by molar-refractivity contribution is -0.128. The first kappa shape index (κ1) is 20.7. The van der Waals surface area contributed by atoms with Crippen LogP contribution in [-0.2, 0) is 14.8 Å². The number of carbonyl (C=O) groups excluding carboxylic acids is 1. The first-order valence-electron chi connectivity index (χ1n) is 9.34. The molecule has 1 fully saturated rings. The van der Waals surface area contributed by atoms with Crippen molar-refractivity contribution < 1.29 is 17.9 Å². The van der Waals surface area contributed by atoms with E-state index in [0.29, 0.717) is 12.3 Å². The summed E-state index contributed by atoms with van der Waals surface area (Å²) in [5.74, 6) is 0.571. The average molecular weight is 383 g/mol. The maximum atomic E-state index is 12.2. The number of rotatable bonds is 8. The standard InChI is InChI=1S/C19H30N2O4S/c1-14(2)13-20-26(23,24)18-11-9-17(10-12-18)25-15(3)19(22)21-16-7-5-4-6-8-16/h9-12,14-16,20H,4-8,13H2,1-3H3,(H,21,22)/t15-/m0/s1. The van der Waals surface area contributed by atoms with Gasteiger partial charge in [-0.25, -0.2) is 13.1 Å². The summed E-state index contributed by atoms with van der Waals surface area (Å²) >= 11 is 0. The quantitative estimate of drug-likeness (QED) is 0.724. The van der Waals surface area contributed by atoms with Gasteiger partial charge in [0.2, 0.25) is 10.0 Å². The van der Waals surface area contributed by atoms with E-state index in [1.807, 2.05) is 13.8 Å². The van der Waals surface area contributed by atoms with E-state index in [1.165, 1.54) is 18.6 Å². The highest BCUT2D eigenvalue weighted by atomic mass is 32.2. The lowest BCUT2D eigenvalue weighted by atomic mass is 9.95. The molecule has 2 rings (SSSR count). The van der Waals surface area contributed by atoms with Crippen molar-refractivity contribution in [3.8, 4) is 5.75 Å². The molecule has 26 heavy (non-hydrogen) atoms. The van der Waals surface area contributed by atoms with E-state index in [4.69, 9.17) is 4.74 Å². The van der Waals surface area contributed by atoms with E-state index in [0.717, 1.165) is 25.7 Å². The summed E-state index contributed by atoms with van der Waals surface area (Å²) in [6.45, 7) is 5.98. The summed E-state index contributed by atoms with van der Waals surface area (Å²) < 4.78 is 32.6. The number of hydrogen-bond acceptors (Lipinski definition) is 4. The Hall–Kier alpha value is -1.60. The second-order valence-electron chi connectivity index (χ2n) is 7.32. The lowest BCUT2D eigenvalue weighted by Crippen LogP contribution is -2.43.